The SMILES string of the molecule is NNS(=O)(=O)C(F)(F)C(F)(F)C(F)(F)C(F)(F)C(F)(F)C(F)(F)C(F)(F)C(F)(F)F. The predicted octanol–water partition coefficient (Wildman–Crippen LogP) is 3.75. The van der Waals surface area contributed by atoms with Gasteiger partial charge in [-0.25, -0.2) is 8.42 Å². The molecule has 0 aromatic heterocycles. The zero-order chi connectivity index (χ0) is 25.2. The van der Waals surface area contributed by atoms with Crippen molar-refractivity contribution in [2.75, 3.05) is 0 Å². The quantitative estimate of drug-likeness (QED) is 0.295. The van der Waals surface area contributed by atoms with Crippen molar-refractivity contribution >= 4 is 10.0 Å². The van der Waals surface area contributed by atoms with Crippen molar-refractivity contribution in [3.63, 3.8) is 0 Å². The van der Waals surface area contributed by atoms with Crippen molar-refractivity contribution in [3.05, 3.63) is 0 Å². The molecule has 3 N–H and O–H groups in total. The summed E-state index contributed by atoms with van der Waals surface area (Å²) in [6.07, 6.45) is -7.87. The smallest absolute Gasteiger partial charge is 0.258 e. The summed E-state index contributed by atoms with van der Waals surface area (Å²) in [6, 6.07) is 0. The molecule has 22 heteroatoms. The Morgan fingerprint density at radius 1 is 0.467 bits per heavy atom. The van der Waals surface area contributed by atoms with E-state index in [1.165, 1.54) is 0 Å². The van der Waals surface area contributed by atoms with Gasteiger partial charge in [0.25, 0.3) is 10.0 Å². The van der Waals surface area contributed by atoms with Gasteiger partial charge in [0, 0.05) is 0 Å². The number of hydrazine groups is 1. The molecule has 182 valence electrons. The van der Waals surface area contributed by atoms with Gasteiger partial charge in [0.1, 0.15) is 0 Å². The molecule has 30 heavy (non-hydrogen) atoms. The molecular weight excluding hydrogens is 511 g/mol. The number of hydrogen-bond acceptors (Lipinski definition) is 3. The highest BCUT2D eigenvalue weighted by molar-refractivity contribution is 7.90. The maximum absolute atomic E-state index is 13.2. The first kappa shape index (κ1) is 28.7. The Hall–Kier alpha value is -1.32. The number of sulfonamides is 1. The Labute approximate surface area is 152 Å². The molecule has 0 aliphatic rings. The van der Waals surface area contributed by atoms with Crippen LogP contribution in [0.4, 0.5) is 74.6 Å². The van der Waals surface area contributed by atoms with E-state index >= 15 is 0 Å². The second kappa shape index (κ2) is 6.84. The Bertz CT molecular complexity index is 754. The van der Waals surface area contributed by atoms with Gasteiger partial charge in [-0.15, -0.1) is 4.83 Å². The maximum atomic E-state index is 13.2. The monoisotopic (exact) mass is 514 g/mol. The summed E-state index contributed by atoms with van der Waals surface area (Å²) in [6.45, 7) is 0. The van der Waals surface area contributed by atoms with Crippen LogP contribution in [0.15, 0.2) is 0 Å². The van der Waals surface area contributed by atoms with Crippen molar-refractivity contribution in [1.29, 1.82) is 0 Å². The van der Waals surface area contributed by atoms with Crippen LogP contribution < -0.4 is 10.7 Å². The predicted molar refractivity (Wildman–Crippen MR) is 56.9 cm³/mol. The molecule has 4 nitrogen and oxygen atoms in total. The van der Waals surface area contributed by atoms with Crippen LogP contribution in [0.1, 0.15) is 0 Å². The molecule has 0 aliphatic carbocycles. The molecule has 0 aliphatic heterocycles. The highest BCUT2D eigenvalue weighted by Gasteiger charge is 2.96. The first-order valence-electron chi connectivity index (χ1n) is 5.99. The summed E-state index contributed by atoms with van der Waals surface area (Å²) in [5.74, 6) is -48.0. The zero-order valence-electron chi connectivity index (χ0n) is 12.7. The van der Waals surface area contributed by atoms with E-state index in [9.17, 15) is 83.1 Å². The summed E-state index contributed by atoms with van der Waals surface area (Å²) in [7, 11) is -7.36. The number of nitrogens with two attached hydrogens (primary N) is 1. The fraction of sp³-hybridized carbons (Fsp3) is 1.00. The van der Waals surface area contributed by atoms with E-state index in [-0.39, 0.29) is 4.83 Å². The minimum Gasteiger partial charge on any atom is -0.258 e. The lowest BCUT2D eigenvalue weighted by atomic mass is 9.91. The molecule has 0 spiro atoms. The summed E-state index contributed by atoms with van der Waals surface area (Å²) < 4.78 is 239. The largest absolute Gasteiger partial charge is 0.460 e. The van der Waals surface area contributed by atoms with E-state index in [0.717, 1.165) is 0 Å². The fourth-order valence-electron chi connectivity index (χ4n) is 1.39. The van der Waals surface area contributed by atoms with Gasteiger partial charge >= 0.3 is 47.0 Å². The molecule has 0 rings (SSSR count). The lowest BCUT2D eigenvalue weighted by Gasteiger charge is -2.42. The van der Waals surface area contributed by atoms with Crippen molar-refractivity contribution in [2.45, 2.75) is 47.0 Å². The van der Waals surface area contributed by atoms with Gasteiger partial charge in [0.2, 0.25) is 0 Å². The number of rotatable bonds is 8. The van der Waals surface area contributed by atoms with Gasteiger partial charge < -0.3 is 0 Å². The van der Waals surface area contributed by atoms with E-state index < -0.39 is 57.0 Å². The van der Waals surface area contributed by atoms with Gasteiger partial charge in [-0.1, -0.05) is 0 Å². The lowest BCUT2D eigenvalue weighted by Crippen LogP contribution is -2.75. The summed E-state index contributed by atoms with van der Waals surface area (Å²) in [5, 5.41) is -7.63. The van der Waals surface area contributed by atoms with E-state index in [1.54, 1.807) is 0 Å². The molecule has 0 bridgehead atoms. The molecule has 0 atom stereocenters. The number of halogens is 17. The van der Waals surface area contributed by atoms with Gasteiger partial charge in [-0.3, -0.25) is 5.84 Å². The number of nitrogens with one attached hydrogen (secondary N) is 1. The van der Waals surface area contributed by atoms with Crippen LogP contribution in [-0.2, 0) is 10.0 Å². The molecule has 0 fully saturated rings. The van der Waals surface area contributed by atoms with Crippen molar-refractivity contribution in [3.8, 4) is 0 Å². The number of alkyl halides is 17. The van der Waals surface area contributed by atoms with Crippen molar-refractivity contribution < 1.29 is 83.1 Å². The number of hydrogen-bond donors (Lipinski definition) is 2. The lowest BCUT2D eigenvalue weighted by molar-refractivity contribution is -0.458. The first-order valence-corrected chi connectivity index (χ1v) is 7.48. The summed E-state index contributed by atoms with van der Waals surface area (Å²) in [4.78, 5) is -0.316. The topological polar surface area (TPSA) is 72.2 Å². The van der Waals surface area contributed by atoms with Gasteiger partial charge in [0.15, 0.2) is 0 Å². The maximum Gasteiger partial charge on any atom is 0.460 e. The Morgan fingerprint density at radius 3 is 0.933 bits per heavy atom. The molecule has 0 heterocycles. The standard InChI is InChI=1S/C8H3F17N2O2S/c9-1(10,3(13,14)5(17,18)7(21,22)23)2(11,12)4(15,16)6(19,20)8(24,25)30(28,29)27-26/h27H,26H2. The minimum atomic E-state index is -8.85. The van der Waals surface area contributed by atoms with Crippen LogP contribution in [0.2, 0.25) is 0 Å². The van der Waals surface area contributed by atoms with Crippen LogP contribution in [0.3, 0.4) is 0 Å². The van der Waals surface area contributed by atoms with Crippen LogP contribution in [0.25, 0.3) is 0 Å². The summed E-state index contributed by atoms with van der Waals surface area (Å²) in [5.41, 5.74) is 0. The third kappa shape index (κ3) is 3.24. The molecule has 0 unspecified atom stereocenters. The molecule has 0 aromatic rings. The summed E-state index contributed by atoms with van der Waals surface area (Å²) >= 11 is 0. The second-order valence-corrected chi connectivity index (χ2v) is 6.84. The van der Waals surface area contributed by atoms with Crippen LogP contribution >= 0.6 is 0 Å². The molecule has 0 amide bonds. The fourth-order valence-corrected chi connectivity index (χ4v) is 2.01. The highest BCUT2D eigenvalue weighted by atomic mass is 32.2. The van der Waals surface area contributed by atoms with Gasteiger partial charge in [0.05, 0.1) is 0 Å². The Morgan fingerprint density at radius 2 is 0.700 bits per heavy atom. The second-order valence-electron chi connectivity index (χ2n) is 5.08. The normalized spacial score (nSPS) is 16.7. The zero-order valence-corrected chi connectivity index (χ0v) is 13.5. The van der Waals surface area contributed by atoms with E-state index in [0.29, 0.717) is 0 Å². The van der Waals surface area contributed by atoms with Crippen LogP contribution in [0.5, 0.6) is 0 Å². The third-order valence-corrected chi connectivity index (χ3v) is 4.43. The van der Waals surface area contributed by atoms with E-state index in [1.807, 2.05) is 0 Å². The molecule has 0 aromatic carbocycles. The van der Waals surface area contributed by atoms with Crippen molar-refractivity contribution in [1.82, 2.24) is 4.83 Å². The van der Waals surface area contributed by atoms with Gasteiger partial charge in [-0.2, -0.15) is 74.6 Å². The first-order chi connectivity index (χ1) is 12.6. The van der Waals surface area contributed by atoms with E-state index in [4.69, 9.17) is 0 Å². The molecular formula is C8H3F17N2O2S. The van der Waals surface area contributed by atoms with Crippen molar-refractivity contribution in [2.24, 2.45) is 5.84 Å². The Balaban J connectivity index is 6.93. The molecule has 0 saturated carbocycles. The average molecular weight is 514 g/mol. The van der Waals surface area contributed by atoms with Crippen LogP contribution in [0, 0.1) is 0 Å². The highest BCUT2D eigenvalue weighted by Crippen LogP contribution is 2.64. The van der Waals surface area contributed by atoms with E-state index in [2.05, 4.69) is 5.84 Å². The molecule has 0 saturated heterocycles. The Kier molecular flexibility index (Phi) is 6.54. The van der Waals surface area contributed by atoms with Gasteiger partial charge in [-0.05, 0) is 0 Å². The minimum absolute atomic E-state index is 0.316. The molecule has 0 radical (unpaired) electrons. The average Bonchev–Trinajstić information content (AvgIpc) is 2.52. The van der Waals surface area contributed by atoms with Crippen LogP contribution in [-0.4, -0.2) is 55.4 Å². The third-order valence-electron chi connectivity index (χ3n) is 3.19.